The second-order valence-corrected chi connectivity index (χ2v) is 8.16. The van der Waals surface area contributed by atoms with Crippen LogP contribution >= 0.6 is 0 Å². The van der Waals surface area contributed by atoms with Crippen LogP contribution in [0.25, 0.3) is 11.1 Å². The number of nitrogen functional groups attached to an aromatic ring is 1. The number of nitrogens with two attached hydrogens (primary N) is 1. The van der Waals surface area contributed by atoms with Crippen molar-refractivity contribution in [2.75, 3.05) is 31.2 Å². The van der Waals surface area contributed by atoms with Gasteiger partial charge >= 0.3 is 6.03 Å². The van der Waals surface area contributed by atoms with E-state index in [1.54, 1.807) is 4.90 Å². The van der Waals surface area contributed by atoms with Gasteiger partial charge in [0.15, 0.2) is 0 Å². The van der Waals surface area contributed by atoms with E-state index in [1.165, 1.54) is 19.9 Å². The van der Waals surface area contributed by atoms with Gasteiger partial charge in [0, 0.05) is 20.1 Å². The number of allylic oxidation sites excluding steroid dienone is 1. The summed E-state index contributed by atoms with van der Waals surface area (Å²) in [6, 6.07) is 12.0. The van der Waals surface area contributed by atoms with Crippen LogP contribution in [0.2, 0.25) is 0 Å². The first kappa shape index (κ1) is 20.0. The molecule has 1 heterocycles. The number of hydrogen-bond acceptors (Lipinski definition) is 4. The first-order chi connectivity index (χ1) is 14.5. The number of amides is 3. The molecule has 6 nitrogen and oxygen atoms in total. The van der Waals surface area contributed by atoms with Crippen LogP contribution in [-0.4, -0.2) is 41.9 Å². The molecule has 4 rings (SSSR count). The number of nitrogens with one attached hydrogen (secondary N) is 1. The van der Waals surface area contributed by atoms with E-state index in [9.17, 15) is 9.59 Å². The summed E-state index contributed by atoms with van der Waals surface area (Å²) in [5, 5.41) is 3.48. The normalized spacial score (nSPS) is 16.3. The molecule has 0 atom stereocenters. The fourth-order valence-electron chi connectivity index (χ4n) is 3.82. The summed E-state index contributed by atoms with van der Waals surface area (Å²) in [7, 11) is 1.52. The van der Waals surface area contributed by atoms with Crippen LogP contribution in [0.4, 0.5) is 16.2 Å². The van der Waals surface area contributed by atoms with Gasteiger partial charge in [0.05, 0.1) is 11.4 Å². The Balaban J connectivity index is 1.54. The zero-order chi connectivity index (χ0) is 21.3. The lowest BCUT2D eigenvalue weighted by Gasteiger charge is -2.18. The zero-order valence-corrected chi connectivity index (χ0v) is 17.4. The monoisotopic (exact) mass is 404 g/mol. The summed E-state index contributed by atoms with van der Waals surface area (Å²) in [5.41, 5.74) is 12.5. The molecule has 2 aliphatic rings. The number of imide groups is 1. The van der Waals surface area contributed by atoms with E-state index >= 15 is 0 Å². The van der Waals surface area contributed by atoms with Crippen molar-refractivity contribution in [2.24, 2.45) is 5.92 Å². The Hall–Kier alpha value is -3.28. The van der Waals surface area contributed by atoms with Gasteiger partial charge in [0.1, 0.15) is 6.54 Å². The molecule has 1 saturated heterocycles. The van der Waals surface area contributed by atoms with Gasteiger partial charge in [-0.25, -0.2) is 4.79 Å². The van der Waals surface area contributed by atoms with E-state index < -0.39 is 0 Å². The van der Waals surface area contributed by atoms with Crippen molar-refractivity contribution < 1.29 is 9.59 Å². The number of nitrogens with zero attached hydrogens (tertiary/aromatic N) is 2. The van der Waals surface area contributed by atoms with Crippen molar-refractivity contribution in [3.63, 3.8) is 0 Å². The molecule has 2 fully saturated rings. The number of urea groups is 1. The Kier molecular flexibility index (Phi) is 5.48. The molecule has 156 valence electrons. The predicted molar refractivity (Wildman–Crippen MR) is 120 cm³/mol. The molecule has 0 bridgehead atoms. The average Bonchev–Trinajstić information content (AvgIpc) is 3.54. The lowest BCUT2D eigenvalue weighted by atomic mass is 9.94. The maximum absolute atomic E-state index is 12.1. The second-order valence-electron chi connectivity index (χ2n) is 8.16. The average molecular weight is 405 g/mol. The standard InChI is InChI=1S/C24H28N4O2/c1-3-4-20-19(11-12-21(23(20)25)26-13-16-5-6-16)18-9-7-17(8-10-18)14-28-15-22(29)27(2)24(28)30/h3,7-12,16,26H,1,4-6,13-15,25H2,2H3. The van der Waals surface area contributed by atoms with Crippen LogP contribution in [0, 0.1) is 5.92 Å². The van der Waals surface area contributed by atoms with E-state index in [0.717, 1.165) is 51.0 Å². The summed E-state index contributed by atoms with van der Waals surface area (Å²) < 4.78 is 0. The van der Waals surface area contributed by atoms with E-state index in [4.69, 9.17) is 5.73 Å². The maximum atomic E-state index is 12.1. The van der Waals surface area contributed by atoms with Crippen molar-refractivity contribution in [2.45, 2.75) is 25.8 Å². The van der Waals surface area contributed by atoms with Gasteiger partial charge in [-0.15, -0.1) is 6.58 Å². The first-order valence-electron chi connectivity index (χ1n) is 10.4. The van der Waals surface area contributed by atoms with Crippen LogP contribution in [0.15, 0.2) is 49.1 Å². The number of anilines is 2. The summed E-state index contributed by atoms with van der Waals surface area (Å²) in [6.07, 6.45) is 5.16. The Labute approximate surface area is 177 Å². The largest absolute Gasteiger partial charge is 0.397 e. The molecule has 1 saturated carbocycles. The van der Waals surface area contributed by atoms with Gasteiger partial charge in [-0.2, -0.15) is 0 Å². The number of carbonyl (C=O) groups is 2. The van der Waals surface area contributed by atoms with Gasteiger partial charge in [0.2, 0.25) is 5.91 Å². The summed E-state index contributed by atoms with van der Waals surface area (Å²) in [4.78, 5) is 26.5. The molecular formula is C24H28N4O2. The predicted octanol–water partition coefficient (Wildman–Crippen LogP) is 3.88. The van der Waals surface area contributed by atoms with E-state index in [-0.39, 0.29) is 18.5 Å². The Bertz CT molecular complexity index is 979. The number of carbonyl (C=O) groups excluding carboxylic acids is 2. The summed E-state index contributed by atoms with van der Waals surface area (Å²) in [5.74, 6) is 0.605. The minimum absolute atomic E-state index is 0.131. The van der Waals surface area contributed by atoms with Gasteiger partial charge in [0.25, 0.3) is 0 Å². The second kappa shape index (κ2) is 8.22. The quantitative estimate of drug-likeness (QED) is 0.398. The molecule has 2 aromatic carbocycles. The fraction of sp³-hybridized carbons (Fsp3) is 0.333. The van der Waals surface area contributed by atoms with Gasteiger partial charge < -0.3 is 16.0 Å². The first-order valence-corrected chi connectivity index (χ1v) is 10.4. The van der Waals surface area contributed by atoms with Crippen LogP contribution in [0.5, 0.6) is 0 Å². The SMILES string of the molecule is C=CCc1c(-c2ccc(CN3CC(=O)N(C)C3=O)cc2)ccc(NCC2CC2)c1N. The zero-order valence-electron chi connectivity index (χ0n) is 17.4. The highest BCUT2D eigenvalue weighted by molar-refractivity contribution is 6.01. The van der Waals surface area contributed by atoms with Crippen LogP contribution in [-0.2, 0) is 17.8 Å². The molecule has 30 heavy (non-hydrogen) atoms. The number of likely N-dealkylation sites (N-methyl/N-ethyl adjacent to an activating group) is 1. The molecular weight excluding hydrogens is 376 g/mol. The third-order valence-electron chi connectivity index (χ3n) is 5.88. The number of hydrogen-bond donors (Lipinski definition) is 2. The minimum Gasteiger partial charge on any atom is -0.397 e. The lowest BCUT2D eigenvalue weighted by Crippen LogP contribution is -2.29. The molecule has 0 radical (unpaired) electrons. The lowest BCUT2D eigenvalue weighted by molar-refractivity contribution is -0.124. The van der Waals surface area contributed by atoms with Gasteiger partial charge in [-0.3, -0.25) is 9.69 Å². The third-order valence-corrected chi connectivity index (χ3v) is 5.88. The molecule has 3 amide bonds. The van der Waals surface area contributed by atoms with Gasteiger partial charge in [-0.05, 0) is 53.5 Å². The van der Waals surface area contributed by atoms with Crippen molar-refractivity contribution in [3.05, 3.63) is 60.2 Å². The van der Waals surface area contributed by atoms with Crippen LogP contribution < -0.4 is 11.1 Å². The molecule has 0 unspecified atom stereocenters. The number of rotatable bonds is 8. The van der Waals surface area contributed by atoms with Crippen molar-refractivity contribution in [1.29, 1.82) is 0 Å². The molecule has 0 spiro atoms. The molecule has 6 heteroatoms. The van der Waals surface area contributed by atoms with E-state index in [1.807, 2.05) is 30.3 Å². The van der Waals surface area contributed by atoms with Crippen LogP contribution in [0.1, 0.15) is 24.0 Å². The van der Waals surface area contributed by atoms with E-state index in [2.05, 4.69) is 24.0 Å². The molecule has 1 aliphatic heterocycles. The molecule has 0 aromatic heterocycles. The van der Waals surface area contributed by atoms with Gasteiger partial charge in [-0.1, -0.05) is 36.4 Å². The summed E-state index contributed by atoms with van der Waals surface area (Å²) in [6.45, 7) is 5.41. The molecule has 2 aromatic rings. The topological polar surface area (TPSA) is 78.7 Å². The fourth-order valence-corrected chi connectivity index (χ4v) is 3.82. The summed E-state index contributed by atoms with van der Waals surface area (Å²) >= 11 is 0. The van der Waals surface area contributed by atoms with E-state index in [0.29, 0.717) is 13.0 Å². The van der Waals surface area contributed by atoms with Crippen molar-refractivity contribution >= 4 is 23.3 Å². The molecule has 3 N–H and O–H groups in total. The highest BCUT2D eigenvalue weighted by Gasteiger charge is 2.32. The Morgan fingerprint density at radius 2 is 1.90 bits per heavy atom. The molecule has 1 aliphatic carbocycles. The van der Waals surface area contributed by atoms with Crippen molar-refractivity contribution in [3.8, 4) is 11.1 Å². The Morgan fingerprint density at radius 3 is 2.50 bits per heavy atom. The minimum atomic E-state index is -0.251. The smallest absolute Gasteiger partial charge is 0.327 e. The third kappa shape index (κ3) is 4.03. The van der Waals surface area contributed by atoms with Crippen LogP contribution in [0.3, 0.4) is 0 Å². The highest BCUT2D eigenvalue weighted by atomic mass is 16.2. The highest BCUT2D eigenvalue weighted by Crippen LogP contribution is 2.35. The Morgan fingerprint density at radius 1 is 1.17 bits per heavy atom. The maximum Gasteiger partial charge on any atom is 0.327 e. The van der Waals surface area contributed by atoms with Crippen molar-refractivity contribution in [1.82, 2.24) is 9.80 Å². The number of benzene rings is 2.